The Morgan fingerprint density at radius 1 is 1.08 bits per heavy atom. The lowest BCUT2D eigenvalue weighted by Crippen LogP contribution is -2.16. The molecule has 2 aromatic carbocycles. The number of aliphatic hydroxyl groups excluding tert-OH is 1. The van der Waals surface area contributed by atoms with Gasteiger partial charge in [0.05, 0.1) is 6.61 Å². The average Bonchev–Trinajstić information content (AvgIpc) is 2.62. The summed E-state index contributed by atoms with van der Waals surface area (Å²) >= 11 is 0. The van der Waals surface area contributed by atoms with E-state index < -0.39 is 13.2 Å². The number of benzene rings is 2. The van der Waals surface area contributed by atoms with Crippen LogP contribution >= 0.6 is 7.37 Å². The van der Waals surface area contributed by atoms with E-state index in [4.69, 9.17) is 4.52 Å². The fourth-order valence-electron chi connectivity index (χ4n) is 2.52. The summed E-state index contributed by atoms with van der Waals surface area (Å²) in [7, 11) is 0.461. The lowest BCUT2D eigenvalue weighted by Gasteiger charge is -2.25. The maximum absolute atomic E-state index is 13.7. The molecule has 0 fully saturated rings. The molecule has 2 rings (SSSR count). The van der Waals surface area contributed by atoms with E-state index in [1.165, 1.54) is 0 Å². The minimum atomic E-state index is -3.44. The van der Waals surface area contributed by atoms with Crippen molar-refractivity contribution in [3.05, 3.63) is 59.7 Å². The van der Waals surface area contributed by atoms with Crippen LogP contribution in [0.4, 0.5) is 5.69 Å². The van der Waals surface area contributed by atoms with Gasteiger partial charge in [0, 0.05) is 25.1 Å². The Labute approximate surface area is 150 Å². The van der Waals surface area contributed by atoms with Crippen LogP contribution in [0.15, 0.2) is 48.5 Å². The second-order valence-electron chi connectivity index (χ2n) is 6.48. The van der Waals surface area contributed by atoms with E-state index in [1.807, 2.05) is 62.3 Å². The number of hydrogen-bond acceptors (Lipinski definition) is 4. The molecular formula is C20H28NO3P. The summed E-state index contributed by atoms with van der Waals surface area (Å²) in [5.74, 6) is -1.17. The zero-order valence-electron chi connectivity index (χ0n) is 15.5. The molecule has 0 aliphatic carbocycles. The number of unbranched alkanes of at least 4 members (excludes halogenated alkanes) is 1. The molecule has 136 valence electrons. The normalized spacial score (nSPS) is 14.8. The summed E-state index contributed by atoms with van der Waals surface area (Å²) in [4.78, 5) is 1.98. The third-order valence-electron chi connectivity index (χ3n) is 4.20. The van der Waals surface area contributed by atoms with Crippen molar-refractivity contribution < 1.29 is 14.2 Å². The van der Waals surface area contributed by atoms with Crippen molar-refractivity contribution in [1.82, 2.24) is 0 Å². The van der Waals surface area contributed by atoms with Gasteiger partial charge in [-0.1, -0.05) is 43.2 Å². The first-order valence-corrected chi connectivity index (χ1v) is 10.3. The lowest BCUT2D eigenvalue weighted by atomic mass is 10.2. The molecule has 0 unspecified atom stereocenters. The predicted molar refractivity (Wildman–Crippen MR) is 105 cm³/mol. The Balaban J connectivity index is 2.38. The molecule has 5 heteroatoms. The SMILES string of the molecule is CCCCO[P@@](=O)(c1ccc(N(C)C)cc1)[C@H](O)c1ccc(C)cc1. The van der Waals surface area contributed by atoms with Crippen LogP contribution in [0.2, 0.25) is 0 Å². The minimum Gasteiger partial charge on any atom is -0.378 e. The Morgan fingerprint density at radius 2 is 1.68 bits per heavy atom. The van der Waals surface area contributed by atoms with Gasteiger partial charge in [0.25, 0.3) is 7.37 Å². The van der Waals surface area contributed by atoms with Gasteiger partial charge in [0.1, 0.15) is 0 Å². The first-order valence-electron chi connectivity index (χ1n) is 8.65. The van der Waals surface area contributed by atoms with E-state index in [1.54, 1.807) is 12.1 Å². The molecule has 0 bridgehead atoms. The van der Waals surface area contributed by atoms with Gasteiger partial charge in [-0.3, -0.25) is 4.57 Å². The molecule has 0 aliphatic heterocycles. The molecule has 0 aliphatic rings. The van der Waals surface area contributed by atoms with Gasteiger partial charge in [0.2, 0.25) is 0 Å². The molecule has 0 radical (unpaired) electrons. The maximum Gasteiger partial charge on any atom is 0.264 e. The summed E-state index contributed by atoms with van der Waals surface area (Å²) in [6.45, 7) is 4.40. The molecule has 0 aromatic heterocycles. The predicted octanol–water partition coefficient (Wildman–Crippen LogP) is 4.47. The summed E-state index contributed by atoms with van der Waals surface area (Å²) < 4.78 is 19.5. The number of rotatable bonds is 8. The Bertz CT molecular complexity index is 711. The second-order valence-corrected chi connectivity index (χ2v) is 8.94. The van der Waals surface area contributed by atoms with E-state index in [2.05, 4.69) is 6.92 Å². The second kappa shape index (κ2) is 8.66. The van der Waals surface area contributed by atoms with E-state index >= 15 is 0 Å². The molecule has 0 saturated carbocycles. The summed E-state index contributed by atoms with van der Waals surface area (Å²) in [6, 6.07) is 14.8. The number of hydrogen-bond donors (Lipinski definition) is 1. The number of nitrogens with zero attached hydrogens (tertiary/aromatic N) is 1. The van der Waals surface area contributed by atoms with Crippen LogP contribution in [-0.2, 0) is 9.09 Å². The largest absolute Gasteiger partial charge is 0.378 e. The summed E-state index contributed by atoms with van der Waals surface area (Å²) in [5.41, 5.74) is 2.71. The van der Waals surface area contributed by atoms with Crippen molar-refractivity contribution in [2.24, 2.45) is 0 Å². The lowest BCUT2D eigenvalue weighted by molar-refractivity contribution is 0.213. The van der Waals surface area contributed by atoms with Crippen LogP contribution in [0.1, 0.15) is 36.7 Å². The van der Waals surface area contributed by atoms with Crippen LogP contribution < -0.4 is 10.2 Å². The molecule has 25 heavy (non-hydrogen) atoms. The zero-order chi connectivity index (χ0) is 18.4. The van der Waals surface area contributed by atoms with Crippen molar-refractivity contribution in [2.45, 2.75) is 32.5 Å². The molecule has 0 amide bonds. The molecule has 0 spiro atoms. The monoisotopic (exact) mass is 361 g/mol. The number of anilines is 1. The van der Waals surface area contributed by atoms with Crippen LogP contribution in [0.3, 0.4) is 0 Å². The van der Waals surface area contributed by atoms with Crippen molar-refractivity contribution in [3.63, 3.8) is 0 Å². The Hall–Kier alpha value is -1.61. The van der Waals surface area contributed by atoms with E-state index in [0.717, 1.165) is 24.1 Å². The van der Waals surface area contributed by atoms with Gasteiger partial charge in [-0.15, -0.1) is 0 Å². The molecule has 4 nitrogen and oxygen atoms in total. The first kappa shape index (κ1) is 19.7. The van der Waals surface area contributed by atoms with E-state index in [0.29, 0.717) is 17.5 Å². The molecule has 2 atom stereocenters. The minimum absolute atomic E-state index is 0.367. The van der Waals surface area contributed by atoms with E-state index in [-0.39, 0.29) is 0 Å². The highest BCUT2D eigenvalue weighted by Gasteiger charge is 2.36. The summed E-state index contributed by atoms with van der Waals surface area (Å²) in [5, 5.41) is 11.4. The number of aliphatic hydroxyl groups is 1. The van der Waals surface area contributed by atoms with Gasteiger partial charge in [0.15, 0.2) is 5.85 Å². The molecule has 1 N–H and O–H groups in total. The topological polar surface area (TPSA) is 49.8 Å². The first-order chi connectivity index (χ1) is 11.9. The molecule has 2 aromatic rings. The highest BCUT2D eigenvalue weighted by Crippen LogP contribution is 2.57. The molecule has 0 heterocycles. The molecular weight excluding hydrogens is 333 g/mol. The number of aryl methyl sites for hydroxylation is 1. The highest BCUT2D eigenvalue weighted by atomic mass is 31.2. The van der Waals surface area contributed by atoms with Gasteiger partial charge < -0.3 is 14.5 Å². The van der Waals surface area contributed by atoms with Crippen molar-refractivity contribution in [3.8, 4) is 0 Å². The van der Waals surface area contributed by atoms with Crippen LogP contribution in [0, 0.1) is 6.92 Å². The fraction of sp³-hybridized carbons (Fsp3) is 0.400. The third-order valence-corrected chi connectivity index (χ3v) is 6.73. The maximum atomic E-state index is 13.7. The van der Waals surface area contributed by atoms with Gasteiger partial charge >= 0.3 is 0 Å². The standard InChI is InChI=1S/C20H28NO3P/c1-5-6-15-24-25(23,19-13-11-18(12-14-19)21(3)4)20(22)17-9-7-16(2)8-10-17/h7-14,20,22H,5-6,15H2,1-4H3/t20-,25-/m0/s1. The van der Waals surface area contributed by atoms with Crippen LogP contribution in [0.5, 0.6) is 0 Å². The summed E-state index contributed by atoms with van der Waals surface area (Å²) in [6.07, 6.45) is 1.75. The fourth-order valence-corrected chi connectivity index (χ4v) is 4.63. The van der Waals surface area contributed by atoms with E-state index in [9.17, 15) is 9.67 Å². The smallest absolute Gasteiger partial charge is 0.264 e. The highest BCUT2D eigenvalue weighted by molar-refractivity contribution is 7.67. The van der Waals surface area contributed by atoms with Crippen molar-refractivity contribution in [2.75, 3.05) is 25.6 Å². The van der Waals surface area contributed by atoms with Crippen molar-refractivity contribution >= 4 is 18.4 Å². The van der Waals surface area contributed by atoms with Crippen LogP contribution in [0.25, 0.3) is 0 Å². The van der Waals surface area contributed by atoms with Gasteiger partial charge in [-0.2, -0.15) is 0 Å². The van der Waals surface area contributed by atoms with Crippen molar-refractivity contribution in [1.29, 1.82) is 0 Å². The van der Waals surface area contributed by atoms with Gasteiger partial charge in [-0.25, -0.2) is 0 Å². The quantitative estimate of drug-likeness (QED) is 0.557. The van der Waals surface area contributed by atoms with Crippen LogP contribution in [-0.4, -0.2) is 25.8 Å². The molecule has 0 saturated heterocycles. The van der Waals surface area contributed by atoms with Gasteiger partial charge in [-0.05, 0) is 43.2 Å². The average molecular weight is 361 g/mol. The Kier molecular flexibility index (Phi) is 6.83. The third kappa shape index (κ3) is 4.72. The Morgan fingerprint density at radius 3 is 2.20 bits per heavy atom. The zero-order valence-corrected chi connectivity index (χ0v) is 16.4.